The van der Waals surface area contributed by atoms with Crippen molar-refractivity contribution in [3.8, 4) is 11.3 Å². The first-order valence-corrected chi connectivity index (χ1v) is 6.95. The van der Waals surface area contributed by atoms with E-state index in [1.54, 1.807) is 0 Å². The smallest absolute Gasteiger partial charge is 0.134 e. The molecule has 2 aromatic carbocycles. The maximum absolute atomic E-state index is 4.54. The number of rotatable bonds is 3. The average molecular weight is 312 g/mol. The number of aromatic nitrogens is 2. The van der Waals surface area contributed by atoms with E-state index in [1.165, 1.54) is 5.56 Å². The Bertz CT molecular complexity index is 757. The van der Waals surface area contributed by atoms with Gasteiger partial charge >= 0.3 is 0 Å². The summed E-state index contributed by atoms with van der Waals surface area (Å²) < 4.78 is 0. The molecule has 0 aliphatic heterocycles. The lowest BCUT2D eigenvalue weighted by molar-refractivity contribution is 1.06. The van der Waals surface area contributed by atoms with Crippen LogP contribution in [-0.4, -0.2) is 9.97 Å². The molecule has 0 atom stereocenters. The van der Waals surface area contributed by atoms with Gasteiger partial charge in [0.25, 0.3) is 0 Å². The summed E-state index contributed by atoms with van der Waals surface area (Å²) in [6.45, 7) is 4.00. The Balaban J connectivity index is 0.00000176. The van der Waals surface area contributed by atoms with Crippen LogP contribution in [-0.2, 0) is 0 Å². The molecular formula is C18H18ClN3. The highest BCUT2D eigenvalue weighted by molar-refractivity contribution is 5.85. The van der Waals surface area contributed by atoms with Crippen LogP contribution in [0.4, 0.5) is 11.5 Å². The van der Waals surface area contributed by atoms with Gasteiger partial charge in [-0.1, -0.05) is 42.0 Å². The van der Waals surface area contributed by atoms with Crippen LogP contribution < -0.4 is 5.32 Å². The Labute approximate surface area is 136 Å². The van der Waals surface area contributed by atoms with E-state index < -0.39 is 0 Å². The predicted molar refractivity (Wildman–Crippen MR) is 93.9 cm³/mol. The lowest BCUT2D eigenvalue weighted by atomic mass is 10.1. The van der Waals surface area contributed by atoms with Gasteiger partial charge in [0.2, 0.25) is 0 Å². The highest BCUT2D eigenvalue weighted by atomic mass is 35.5. The van der Waals surface area contributed by atoms with Crippen LogP contribution in [0.25, 0.3) is 11.3 Å². The summed E-state index contributed by atoms with van der Waals surface area (Å²) in [4.78, 5) is 8.99. The topological polar surface area (TPSA) is 37.8 Å². The summed E-state index contributed by atoms with van der Waals surface area (Å²) in [6, 6.07) is 20.3. The van der Waals surface area contributed by atoms with Crippen molar-refractivity contribution >= 4 is 23.9 Å². The third kappa shape index (κ3) is 3.83. The summed E-state index contributed by atoms with van der Waals surface area (Å²) in [7, 11) is 0. The molecule has 0 aliphatic carbocycles. The van der Waals surface area contributed by atoms with Gasteiger partial charge < -0.3 is 5.32 Å². The van der Waals surface area contributed by atoms with Crippen LogP contribution in [0.15, 0.2) is 60.7 Å². The third-order valence-corrected chi connectivity index (χ3v) is 3.20. The van der Waals surface area contributed by atoms with Gasteiger partial charge in [0.15, 0.2) is 0 Å². The number of aryl methyl sites for hydroxylation is 2. The highest BCUT2D eigenvalue weighted by Crippen LogP contribution is 2.22. The number of para-hydroxylation sites is 1. The van der Waals surface area contributed by atoms with Crippen molar-refractivity contribution in [2.75, 3.05) is 5.32 Å². The van der Waals surface area contributed by atoms with E-state index in [1.807, 2.05) is 49.4 Å². The molecule has 0 radical (unpaired) electrons. The molecule has 0 saturated heterocycles. The number of anilines is 2. The van der Waals surface area contributed by atoms with Gasteiger partial charge in [-0.25, -0.2) is 9.97 Å². The normalized spacial score (nSPS) is 9.91. The molecular weight excluding hydrogens is 294 g/mol. The van der Waals surface area contributed by atoms with E-state index in [9.17, 15) is 0 Å². The highest BCUT2D eigenvalue weighted by Gasteiger charge is 2.05. The lowest BCUT2D eigenvalue weighted by Gasteiger charge is -2.09. The second-order valence-electron chi connectivity index (χ2n) is 5.05. The zero-order chi connectivity index (χ0) is 14.7. The number of nitrogens with one attached hydrogen (secondary N) is 1. The van der Waals surface area contributed by atoms with Crippen molar-refractivity contribution in [1.29, 1.82) is 0 Å². The minimum Gasteiger partial charge on any atom is -0.340 e. The molecule has 1 heterocycles. The summed E-state index contributed by atoms with van der Waals surface area (Å²) >= 11 is 0. The Morgan fingerprint density at radius 2 is 1.59 bits per heavy atom. The largest absolute Gasteiger partial charge is 0.340 e. The Kier molecular flexibility index (Phi) is 5.12. The van der Waals surface area contributed by atoms with Crippen LogP contribution in [0.1, 0.15) is 11.4 Å². The van der Waals surface area contributed by atoms with Gasteiger partial charge in [-0.2, -0.15) is 0 Å². The van der Waals surface area contributed by atoms with Crippen molar-refractivity contribution < 1.29 is 0 Å². The number of halogens is 1. The summed E-state index contributed by atoms with van der Waals surface area (Å²) in [5.74, 6) is 1.57. The molecule has 4 heteroatoms. The van der Waals surface area contributed by atoms with Gasteiger partial charge in [0, 0.05) is 17.3 Å². The first-order chi connectivity index (χ1) is 10.2. The minimum atomic E-state index is 0. The van der Waals surface area contributed by atoms with Crippen molar-refractivity contribution in [3.63, 3.8) is 0 Å². The third-order valence-electron chi connectivity index (χ3n) is 3.20. The summed E-state index contributed by atoms with van der Waals surface area (Å²) in [5, 5.41) is 3.32. The number of nitrogens with zero attached hydrogens (tertiary/aromatic N) is 2. The molecule has 0 unspecified atom stereocenters. The van der Waals surface area contributed by atoms with E-state index in [-0.39, 0.29) is 12.4 Å². The molecule has 3 nitrogen and oxygen atoms in total. The Hall–Kier alpha value is -2.39. The lowest BCUT2D eigenvalue weighted by Crippen LogP contribution is -1.98. The minimum absolute atomic E-state index is 0. The monoisotopic (exact) mass is 311 g/mol. The van der Waals surface area contributed by atoms with Crippen LogP contribution in [0.5, 0.6) is 0 Å². The van der Waals surface area contributed by atoms with Crippen LogP contribution in [0.3, 0.4) is 0 Å². The van der Waals surface area contributed by atoms with E-state index in [0.29, 0.717) is 0 Å². The van der Waals surface area contributed by atoms with E-state index in [0.717, 1.165) is 28.6 Å². The van der Waals surface area contributed by atoms with Gasteiger partial charge in [0.1, 0.15) is 11.6 Å². The SMILES string of the molecule is Cc1cccc(-c2cc(Nc3ccccc3)nc(C)n2)c1.Cl. The zero-order valence-corrected chi connectivity index (χ0v) is 13.4. The molecule has 0 amide bonds. The van der Waals surface area contributed by atoms with Crippen molar-refractivity contribution in [3.05, 3.63) is 72.1 Å². The molecule has 22 heavy (non-hydrogen) atoms. The van der Waals surface area contributed by atoms with Crippen LogP contribution in [0.2, 0.25) is 0 Å². The molecule has 0 fully saturated rings. The van der Waals surface area contributed by atoms with Gasteiger partial charge in [0.05, 0.1) is 5.69 Å². The number of benzene rings is 2. The fraction of sp³-hybridized carbons (Fsp3) is 0.111. The molecule has 0 saturated carbocycles. The summed E-state index contributed by atoms with van der Waals surface area (Å²) in [6.07, 6.45) is 0. The number of hydrogen-bond acceptors (Lipinski definition) is 3. The standard InChI is InChI=1S/C18H17N3.ClH/c1-13-7-6-8-15(11-13)17-12-18(20-14(2)19-17)21-16-9-4-3-5-10-16;/h3-12H,1-2H3,(H,19,20,21);1H. The molecule has 0 bridgehead atoms. The van der Waals surface area contributed by atoms with Crippen molar-refractivity contribution in [2.24, 2.45) is 0 Å². The molecule has 0 spiro atoms. The second kappa shape index (κ2) is 7.05. The molecule has 0 aliphatic rings. The first-order valence-electron chi connectivity index (χ1n) is 6.95. The maximum Gasteiger partial charge on any atom is 0.134 e. The number of hydrogen-bond donors (Lipinski definition) is 1. The fourth-order valence-electron chi connectivity index (χ4n) is 2.25. The Morgan fingerprint density at radius 1 is 0.818 bits per heavy atom. The molecule has 112 valence electrons. The molecule has 1 aromatic heterocycles. The van der Waals surface area contributed by atoms with Gasteiger partial charge in [-0.3, -0.25) is 0 Å². The van der Waals surface area contributed by atoms with Crippen LogP contribution in [0, 0.1) is 13.8 Å². The zero-order valence-electron chi connectivity index (χ0n) is 12.6. The van der Waals surface area contributed by atoms with Crippen molar-refractivity contribution in [2.45, 2.75) is 13.8 Å². The van der Waals surface area contributed by atoms with Crippen molar-refractivity contribution in [1.82, 2.24) is 9.97 Å². The summed E-state index contributed by atoms with van der Waals surface area (Å²) in [5.41, 5.74) is 4.29. The fourth-order valence-corrected chi connectivity index (χ4v) is 2.25. The maximum atomic E-state index is 4.54. The second-order valence-corrected chi connectivity index (χ2v) is 5.05. The average Bonchev–Trinajstić information content (AvgIpc) is 2.48. The van der Waals surface area contributed by atoms with Crippen LogP contribution >= 0.6 is 12.4 Å². The molecule has 1 N–H and O–H groups in total. The predicted octanol–water partition coefficient (Wildman–Crippen LogP) is 4.93. The van der Waals surface area contributed by atoms with E-state index >= 15 is 0 Å². The van der Waals surface area contributed by atoms with Gasteiger partial charge in [-0.15, -0.1) is 12.4 Å². The first kappa shape index (κ1) is 16.0. The van der Waals surface area contributed by atoms with E-state index in [4.69, 9.17) is 0 Å². The molecule has 3 aromatic rings. The molecule has 3 rings (SSSR count). The van der Waals surface area contributed by atoms with Gasteiger partial charge in [-0.05, 0) is 32.0 Å². The quantitative estimate of drug-likeness (QED) is 0.745. The van der Waals surface area contributed by atoms with E-state index in [2.05, 4.69) is 40.4 Å². The Morgan fingerprint density at radius 3 is 2.32 bits per heavy atom.